The molecule has 36 heavy (non-hydrogen) atoms. The maximum Gasteiger partial charge on any atom is 0.422 e. The molecular formula is C22H22F4N6O3S. The average molecular weight is 527 g/mol. The lowest BCUT2D eigenvalue weighted by molar-refractivity contribution is -0.154. The lowest BCUT2D eigenvalue weighted by atomic mass is 9.85. The number of aromatic nitrogens is 2. The third kappa shape index (κ3) is 4.81. The normalized spacial score (nSPS) is 24.9. The zero-order chi connectivity index (χ0) is 26.5. The molecule has 9 nitrogen and oxygen atoms in total. The van der Waals surface area contributed by atoms with Gasteiger partial charge in [0.2, 0.25) is 11.8 Å². The minimum atomic E-state index is -4.54. The van der Waals surface area contributed by atoms with Gasteiger partial charge >= 0.3 is 6.18 Å². The molecule has 4 rings (SSSR count). The molecule has 2 aromatic rings. The average Bonchev–Trinajstić information content (AvgIpc) is 3.54. The summed E-state index contributed by atoms with van der Waals surface area (Å²) in [7, 11) is 3.28. The Hall–Kier alpha value is -3.42. The summed E-state index contributed by atoms with van der Waals surface area (Å²) in [5.41, 5.74) is 5.08. The lowest BCUT2D eigenvalue weighted by Crippen LogP contribution is -2.43. The van der Waals surface area contributed by atoms with Crippen LogP contribution < -0.4 is 15.8 Å². The molecule has 1 aromatic carbocycles. The summed E-state index contributed by atoms with van der Waals surface area (Å²) in [6.07, 6.45) is -2.23. The molecule has 1 aromatic heterocycles. The van der Waals surface area contributed by atoms with E-state index >= 15 is 4.39 Å². The number of thioether (sulfide) groups is 1. The van der Waals surface area contributed by atoms with Gasteiger partial charge in [-0.05, 0) is 31.5 Å². The predicted octanol–water partition coefficient (Wildman–Crippen LogP) is 2.93. The van der Waals surface area contributed by atoms with E-state index < -0.39 is 40.7 Å². The first-order valence-corrected chi connectivity index (χ1v) is 11.5. The largest absolute Gasteiger partial charge is 0.467 e. The van der Waals surface area contributed by atoms with E-state index in [2.05, 4.69) is 25.0 Å². The second-order valence-electron chi connectivity index (χ2n) is 8.84. The molecule has 1 saturated carbocycles. The number of nitrogens with two attached hydrogens (primary N) is 1. The molecule has 2 heterocycles. The van der Waals surface area contributed by atoms with Crippen LogP contribution >= 0.6 is 11.8 Å². The minimum absolute atomic E-state index is 0.132. The molecule has 1 aliphatic carbocycles. The fraction of sp³-hybridized carbons (Fsp3) is 0.409. The molecule has 0 saturated heterocycles. The fourth-order valence-corrected chi connectivity index (χ4v) is 5.78. The number of fused-ring (bicyclic) bond motifs is 1. The highest BCUT2D eigenvalue weighted by Gasteiger charge is 2.71. The van der Waals surface area contributed by atoms with Crippen molar-refractivity contribution in [1.29, 1.82) is 0 Å². The summed E-state index contributed by atoms with van der Waals surface area (Å²) in [5, 5.41) is 2.72. The first-order chi connectivity index (χ1) is 16.7. The van der Waals surface area contributed by atoms with E-state index in [0.29, 0.717) is 6.42 Å². The van der Waals surface area contributed by atoms with Gasteiger partial charge < -0.3 is 20.7 Å². The number of hydrogen-bond acceptors (Lipinski definition) is 8. The highest BCUT2D eigenvalue weighted by molar-refractivity contribution is 8.15. The number of aliphatic imine (C=N–C) groups is 1. The Balaban J connectivity index is 1.55. The number of halogens is 4. The van der Waals surface area contributed by atoms with Crippen LogP contribution in [0.5, 0.6) is 5.88 Å². The summed E-state index contributed by atoms with van der Waals surface area (Å²) in [6, 6.07) is 3.92. The molecule has 2 aliphatic rings. The minimum Gasteiger partial charge on any atom is -0.467 e. The smallest absolute Gasteiger partial charge is 0.422 e. The van der Waals surface area contributed by atoms with Crippen LogP contribution in [0.25, 0.3) is 0 Å². The SMILES string of the molecule is CN(C)C(=O)[C@]12C[C@H]1[C@@](C)(c1cc(NC(=O)c3cnc(OCC(F)(F)F)cn3)ccc1F)N=C(N)S2. The summed E-state index contributed by atoms with van der Waals surface area (Å²) in [4.78, 5) is 38.8. The first kappa shape index (κ1) is 25.7. The van der Waals surface area contributed by atoms with Crippen molar-refractivity contribution in [3.05, 3.63) is 47.7 Å². The number of ether oxygens (including phenoxy) is 1. The number of amides is 2. The molecule has 0 spiro atoms. The summed E-state index contributed by atoms with van der Waals surface area (Å²) in [6.45, 7) is 0.155. The van der Waals surface area contributed by atoms with Crippen LogP contribution in [0.4, 0.5) is 23.2 Å². The summed E-state index contributed by atoms with van der Waals surface area (Å²) >= 11 is 1.18. The number of carbonyl (C=O) groups excluding carboxylic acids is 2. The van der Waals surface area contributed by atoms with Crippen LogP contribution in [-0.4, -0.2) is 63.5 Å². The number of anilines is 1. The summed E-state index contributed by atoms with van der Waals surface area (Å²) in [5.74, 6) is -2.14. The van der Waals surface area contributed by atoms with Crippen LogP contribution in [0.1, 0.15) is 29.4 Å². The monoisotopic (exact) mass is 526 g/mol. The molecular weight excluding hydrogens is 504 g/mol. The van der Waals surface area contributed by atoms with Crippen molar-refractivity contribution in [3.8, 4) is 5.88 Å². The van der Waals surface area contributed by atoms with Crippen LogP contribution in [0, 0.1) is 11.7 Å². The Kier molecular flexibility index (Phi) is 6.35. The van der Waals surface area contributed by atoms with Crippen molar-refractivity contribution in [3.63, 3.8) is 0 Å². The molecule has 0 bridgehead atoms. The van der Waals surface area contributed by atoms with Gasteiger partial charge in [0, 0.05) is 31.3 Å². The van der Waals surface area contributed by atoms with E-state index in [4.69, 9.17) is 5.73 Å². The number of carbonyl (C=O) groups is 2. The molecule has 0 radical (unpaired) electrons. The Bertz CT molecular complexity index is 1240. The second-order valence-corrected chi connectivity index (χ2v) is 10.2. The Morgan fingerprint density at radius 1 is 1.28 bits per heavy atom. The number of nitrogens with zero attached hydrogens (tertiary/aromatic N) is 4. The number of amidine groups is 1. The Labute approximate surface area is 207 Å². The molecule has 0 unspecified atom stereocenters. The number of rotatable bonds is 6. The third-order valence-electron chi connectivity index (χ3n) is 6.00. The van der Waals surface area contributed by atoms with E-state index in [1.54, 1.807) is 21.0 Å². The van der Waals surface area contributed by atoms with E-state index in [1.165, 1.54) is 34.9 Å². The van der Waals surface area contributed by atoms with Crippen LogP contribution in [0.15, 0.2) is 35.6 Å². The van der Waals surface area contributed by atoms with E-state index in [1.807, 2.05) is 0 Å². The van der Waals surface area contributed by atoms with Crippen molar-refractivity contribution in [1.82, 2.24) is 14.9 Å². The predicted molar refractivity (Wildman–Crippen MR) is 124 cm³/mol. The van der Waals surface area contributed by atoms with Gasteiger partial charge in [0.25, 0.3) is 5.91 Å². The van der Waals surface area contributed by atoms with Crippen LogP contribution in [0.2, 0.25) is 0 Å². The van der Waals surface area contributed by atoms with Gasteiger partial charge in [-0.1, -0.05) is 11.8 Å². The second kappa shape index (κ2) is 8.91. The van der Waals surface area contributed by atoms with Gasteiger partial charge in [-0.2, -0.15) is 13.2 Å². The Morgan fingerprint density at radius 2 is 2.00 bits per heavy atom. The fourth-order valence-electron chi connectivity index (χ4n) is 4.28. The third-order valence-corrected chi connectivity index (χ3v) is 7.29. The molecule has 3 N–H and O–H groups in total. The van der Waals surface area contributed by atoms with Gasteiger partial charge in [-0.15, -0.1) is 0 Å². The Morgan fingerprint density at radius 3 is 2.61 bits per heavy atom. The zero-order valence-corrected chi connectivity index (χ0v) is 20.2. The van der Waals surface area contributed by atoms with Crippen molar-refractivity contribution >= 4 is 34.4 Å². The van der Waals surface area contributed by atoms with Crippen molar-refractivity contribution in [2.45, 2.75) is 29.8 Å². The summed E-state index contributed by atoms with van der Waals surface area (Å²) < 4.78 is 55.4. The van der Waals surface area contributed by atoms with Gasteiger partial charge in [0.05, 0.1) is 17.9 Å². The van der Waals surface area contributed by atoms with E-state index in [-0.39, 0.29) is 33.9 Å². The maximum absolute atomic E-state index is 15.0. The highest BCUT2D eigenvalue weighted by Crippen LogP contribution is 2.66. The number of nitrogens with one attached hydrogen (secondary N) is 1. The van der Waals surface area contributed by atoms with Gasteiger partial charge in [0.1, 0.15) is 16.3 Å². The molecule has 3 atom stereocenters. The number of alkyl halides is 3. The maximum atomic E-state index is 15.0. The van der Waals surface area contributed by atoms with Crippen LogP contribution in [-0.2, 0) is 10.3 Å². The molecule has 1 aliphatic heterocycles. The van der Waals surface area contributed by atoms with Crippen LogP contribution in [0.3, 0.4) is 0 Å². The standard InChI is InChI=1S/C22H22F4N6O3S/c1-20(15-7-21(15,18(34)32(2)3)36-19(27)31-20)12-6-11(4-5-13(12)23)30-17(33)14-8-29-16(9-28-14)35-10-22(24,25)26/h4-6,8-9,15H,7,10H2,1-3H3,(H2,27,31)(H,30,33)/t15-,20+,21-/m0/s1. The zero-order valence-electron chi connectivity index (χ0n) is 19.4. The van der Waals surface area contributed by atoms with Gasteiger partial charge in [-0.3, -0.25) is 14.6 Å². The molecule has 192 valence electrons. The quantitative estimate of drug-likeness (QED) is 0.555. The topological polar surface area (TPSA) is 123 Å². The molecule has 14 heteroatoms. The van der Waals surface area contributed by atoms with E-state index in [0.717, 1.165) is 12.4 Å². The number of hydrogen-bond donors (Lipinski definition) is 2. The van der Waals surface area contributed by atoms with Crippen molar-refractivity contribution in [2.24, 2.45) is 16.6 Å². The highest BCUT2D eigenvalue weighted by atomic mass is 32.2. The van der Waals surface area contributed by atoms with Gasteiger partial charge in [-0.25, -0.2) is 14.4 Å². The van der Waals surface area contributed by atoms with E-state index in [9.17, 15) is 22.8 Å². The lowest BCUT2D eigenvalue weighted by Gasteiger charge is -2.34. The van der Waals surface area contributed by atoms with Gasteiger partial charge in [0.15, 0.2) is 11.8 Å². The van der Waals surface area contributed by atoms with Crippen molar-refractivity contribution < 1.29 is 31.9 Å². The first-order valence-electron chi connectivity index (χ1n) is 10.6. The molecule has 1 fully saturated rings. The number of benzene rings is 1. The van der Waals surface area contributed by atoms with Crippen molar-refractivity contribution in [2.75, 3.05) is 26.0 Å². The molecule has 2 amide bonds.